The van der Waals surface area contributed by atoms with Gasteiger partial charge in [-0.15, -0.1) is 11.3 Å². The lowest BCUT2D eigenvalue weighted by Gasteiger charge is -2.38. The lowest BCUT2D eigenvalue weighted by atomic mass is 9.97. The van der Waals surface area contributed by atoms with Gasteiger partial charge < -0.3 is 10.6 Å². The minimum absolute atomic E-state index is 0.435. The van der Waals surface area contributed by atoms with E-state index in [0.29, 0.717) is 18.6 Å². The molecule has 6 heteroatoms. The van der Waals surface area contributed by atoms with Gasteiger partial charge in [0.05, 0.1) is 12.2 Å². The Labute approximate surface area is 189 Å². The third kappa shape index (κ3) is 5.93. The van der Waals surface area contributed by atoms with Crippen LogP contribution in [0.25, 0.3) is 11.3 Å². The van der Waals surface area contributed by atoms with Gasteiger partial charge in [-0.25, -0.2) is 4.98 Å². The molecule has 0 spiro atoms. The number of rotatable bonds is 6. The lowest BCUT2D eigenvalue weighted by Crippen LogP contribution is -2.51. The van der Waals surface area contributed by atoms with Gasteiger partial charge in [0.1, 0.15) is 5.01 Å². The van der Waals surface area contributed by atoms with Gasteiger partial charge in [0, 0.05) is 43.2 Å². The maximum Gasteiger partial charge on any atom is 0.191 e. The molecule has 2 N–H and O–H groups in total. The van der Waals surface area contributed by atoms with Gasteiger partial charge in [0.25, 0.3) is 0 Å². The molecule has 1 aliphatic rings. The number of aromatic nitrogens is 1. The number of aliphatic imine (C=N–C) groups is 1. The SMILES string of the molecule is CN=C(NCc1nc(-c2ccccc2)cs1)NC1CCN(Cc2ccccc2)C(C)C1. The third-order valence-corrected chi connectivity index (χ3v) is 6.68. The van der Waals surface area contributed by atoms with Crippen molar-refractivity contribution in [1.29, 1.82) is 0 Å². The van der Waals surface area contributed by atoms with Crippen molar-refractivity contribution < 1.29 is 0 Å². The molecule has 1 aliphatic heterocycles. The fraction of sp³-hybridized carbons (Fsp3) is 0.360. The van der Waals surface area contributed by atoms with Crippen LogP contribution in [-0.2, 0) is 13.1 Å². The summed E-state index contributed by atoms with van der Waals surface area (Å²) in [6, 6.07) is 22.0. The predicted molar refractivity (Wildman–Crippen MR) is 130 cm³/mol. The Hall–Kier alpha value is -2.70. The van der Waals surface area contributed by atoms with Crippen LogP contribution in [-0.4, -0.2) is 41.5 Å². The van der Waals surface area contributed by atoms with E-state index in [1.807, 2.05) is 25.2 Å². The van der Waals surface area contributed by atoms with Crippen LogP contribution in [0.15, 0.2) is 71.0 Å². The molecular weight excluding hydrogens is 402 g/mol. The number of hydrogen-bond acceptors (Lipinski definition) is 4. The molecule has 1 fully saturated rings. The molecule has 1 saturated heterocycles. The van der Waals surface area contributed by atoms with Crippen LogP contribution in [0.2, 0.25) is 0 Å². The van der Waals surface area contributed by atoms with E-state index in [1.54, 1.807) is 11.3 Å². The first kappa shape index (κ1) is 21.5. The molecule has 2 heterocycles. The van der Waals surface area contributed by atoms with Crippen molar-refractivity contribution in [2.75, 3.05) is 13.6 Å². The van der Waals surface area contributed by atoms with Crippen LogP contribution >= 0.6 is 11.3 Å². The fourth-order valence-electron chi connectivity index (χ4n) is 4.09. The first-order valence-corrected chi connectivity index (χ1v) is 11.8. The van der Waals surface area contributed by atoms with Gasteiger partial charge in [-0.3, -0.25) is 9.89 Å². The topological polar surface area (TPSA) is 52.6 Å². The van der Waals surface area contributed by atoms with Crippen molar-refractivity contribution in [2.45, 2.75) is 44.9 Å². The van der Waals surface area contributed by atoms with Gasteiger partial charge in [-0.05, 0) is 25.3 Å². The highest BCUT2D eigenvalue weighted by atomic mass is 32.1. The minimum atomic E-state index is 0.435. The van der Waals surface area contributed by atoms with E-state index >= 15 is 0 Å². The minimum Gasteiger partial charge on any atom is -0.354 e. The summed E-state index contributed by atoms with van der Waals surface area (Å²) in [5, 5.41) is 10.2. The molecule has 0 bridgehead atoms. The van der Waals surface area contributed by atoms with E-state index < -0.39 is 0 Å². The van der Waals surface area contributed by atoms with Gasteiger partial charge >= 0.3 is 0 Å². The lowest BCUT2D eigenvalue weighted by molar-refractivity contribution is 0.134. The molecule has 0 saturated carbocycles. The molecule has 162 valence electrons. The van der Waals surface area contributed by atoms with Crippen molar-refractivity contribution in [3.8, 4) is 11.3 Å². The standard InChI is InChI=1S/C25H31N5S/c1-19-15-22(13-14-30(19)17-20-9-5-3-6-10-20)28-25(26-2)27-16-24-29-23(18-31-24)21-11-7-4-8-12-21/h3-12,18-19,22H,13-17H2,1-2H3,(H2,26,27,28). The number of thiazole rings is 1. The van der Waals surface area contributed by atoms with E-state index in [2.05, 4.69) is 75.3 Å². The molecule has 4 rings (SSSR count). The maximum absolute atomic E-state index is 4.76. The van der Waals surface area contributed by atoms with E-state index in [0.717, 1.165) is 48.2 Å². The van der Waals surface area contributed by atoms with Crippen molar-refractivity contribution in [2.24, 2.45) is 4.99 Å². The second-order valence-corrected chi connectivity index (χ2v) is 9.03. The van der Waals surface area contributed by atoms with E-state index in [4.69, 9.17) is 4.98 Å². The van der Waals surface area contributed by atoms with E-state index in [9.17, 15) is 0 Å². The van der Waals surface area contributed by atoms with Crippen LogP contribution < -0.4 is 10.6 Å². The zero-order valence-corrected chi connectivity index (χ0v) is 19.1. The summed E-state index contributed by atoms with van der Waals surface area (Å²) in [6.45, 7) is 5.13. The van der Waals surface area contributed by atoms with Crippen LogP contribution in [0.4, 0.5) is 0 Å². The molecular formula is C25H31N5S. The average Bonchev–Trinajstić information content (AvgIpc) is 3.29. The summed E-state index contributed by atoms with van der Waals surface area (Å²) in [4.78, 5) is 11.8. The Balaban J connectivity index is 1.26. The molecule has 31 heavy (non-hydrogen) atoms. The van der Waals surface area contributed by atoms with Gasteiger partial charge in [-0.2, -0.15) is 0 Å². The van der Waals surface area contributed by atoms with Crippen molar-refractivity contribution in [1.82, 2.24) is 20.5 Å². The molecule has 2 unspecified atom stereocenters. The first-order valence-electron chi connectivity index (χ1n) is 11.0. The second kappa shape index (κ2) is 10.6. The zero-order valence-electron chi connectivity index (χ0n) is 18.3. The Bertz CT molecular complexity index is 970. The molecule has 1 aromatic heterocycles. The van der Waals surface area contributed by atoms with Crippen LogP contribution in [0.3, 0.4) is 0 Å². The van der Waals surface area contributed by atoms with Crippen LogP contribution in [0, 0.1) is 0 Å². The highest BCUT2D eigenvalue weighted by molar-refractivity contribution is 7.09. The van der Waals surface area contributed by atoms with E-state index in [-0.39, 0.29) is 0 Å². The number of guanidine groups is 1. The van der Waals surface area contributed by atoms with Gasteiger partial charge in [0.15, 0.2) is 5.96 Å². The molecule has 2 aromatic carbocycles. The highest BCUT2D eigenvalue weighted by Crippen LogP contribution is 2.22. The second-order valence-electron chi connectivity index (χ2n) is 8.09. The van der Waals surface area contributed by atoms with Crippen molar-refractivity contribution in [3.63, 3.8) is 0 Å². The quantitative estimate of drug-likeness (QED) is 0.443. The number of nitrogens with zero attached hydrogens (tertiary/aromatic N) is 3. The number of piperidine rings is 1. The van der Waals surface area contributed by atoms with E-state index in [1.165, 1.54) is 5.56 Å². The van der Waals surface area contributed by atoms with Crippen molar-refractivity contribution in [3.05, 3.63) is 76.6 Å². The number of nitrogens with one attached hydrogen (secondary N) is 2. The molecule has 5 nitrogen and oxygen atoms in total. The number of hydrogen-bond donors (Lipinski definition) is 2. The number of benzene rings is 2. The fourth-order valence-corrected chi connectivity index (χ4v) is 4.83. The molecule has 2 atom stereocenters. The van der Waals surface area contributed by atoms with Crippen LogP contribution in [0.5, 0.6) is 0 Å². The maximum atomic E-state index is 4.76. The van der Waals surface area contributed by atoms with Gasteiger partial charge in [-0.1, -0.05) is 60.7 Å². The monoisotopic (exact) mass is 433 g/mol. The summed E-state index contributed by atoms with van der Waals surface area (Å²) in [5.74, 6) is 0.852. The molecule has 3 aromatic rings. The molecule has 0 aliphatic carbocycles. The Morgan fingerprint density at radius 3 is 2.58 bits per heavy atom. The van der Waals surface area contributed by atoms with Crippen molar-refractivity contribution >= 4 is 17.3 Å². The Kier molecular flexibility index (Phi) is 7.33. The van der Waals surface area contributed by atoms with Gasteiger partial charge in [0.2, 0.25) is 0 Å². The zero-order chi connectivity index (χ0) is 21.5. The highest BCUT2D eigenvalue weighted by Gasteiger charge is 2.26. The largest absolute Gasteiger partial charge is 0.354 e. The smallest absolute Gasteiger partial charge is 0.191 e. The average molecular weight is 434 g/mol. The molecule has 0 amide bonds. The summed E-state index contributed by atoms with van der Waals surface area (Å²) in [7, 11) is 1.83. The summed E-state index contributed by atoms with van der Waals surface area (Å²) < 4.78 is 0. The summed E-state index contributed by atoms with van der Waals surface area (Å²) >= 11 is 1.68. The third-order valence-electron chi connectivity index (χ3n) is 5.84. The Morgan fingerprint density at radius 2 is 1.87 bits per heavy atom. The van der Waals surface area contributed by atoms with Crippen LogP contribution in [0.1, 0.15) is 30.3 Å². The Morgan fingerprint density at radius 1 is 1.13 bits per heavy atom. The summed E-state index contributed by atoms with van der Waals surface area (Å²) in [5.41, 5.74) is 3.57. The predicted octanol–water partition coefficient (Wildman–Crippen LogP) is 4.53. The number of likely N-dealkylation sites (tertiary alicyclic amines) is 1. The normalized spacial score (nSPS) is 19.9. The molecule has 0 radical (unpaired) electrons. The first-order chi connectivity index (χ1) is 15.2. The summed E-state index contributed by atoms with van der Waals surface area (Å²) in [6.07, 6.45) is 2.23.